The van der Waals surface area contributed by atoms with Gasteiger partial charge in [-0.15, -0.1) is 11.3 Å². The van der Waals surface area contributed by atoms with Crippen LogP contribution in [0, 0.1) is 0 Å². The Morgan fingerprint density at radius 1 is 0.500 bits per heavy atom. The van der Waals surface area contributed by atoms with Crippen LogP contribution in [0.4, 0.5) is 0 Å². The zero-order valence-corrected chi connectivity index (χ0v) is 27.2. The van der Waals surface area contributed by atoms with Gasteiger partial charge in [-0.25, -0.2) is 9.97 Å². The predicted molar refractivity (Wildman–Crippen MR) is 207 cm³/mol. The number of thiophene rings is 1. The highest BCUT2D eigenvalue weighted by Gasteiger charge is 2.25. The summed E-state index contributed by atoms with van der Waals surface area (Å²) in [6.07, 6.45) is 0. The Labute approximate surface area is 287 Å². The fourth-order valence-electron chi connectivity index (χ4n) is 8.07. The molecule has 0 N–H and O–H groups in total. The van der Waals surface area contributed by atoms with Gasteiger partial charge in [-0.1, -0.05) is 91.0 Å². The molecule has 0 bridgehead atoms. The number of hydrogen-bond donors (Lipinski definition) is 0. The largest absolute Gasteiger partial charge is 0.456 e. The van der Waals surface area contributed by atoms with E-state index >= 15 is 0 Å². The van der Waals surface area contributed by atoms with E-state index in [2.05, 4.69) is 102 Å². The van der Waals surface area contributed by atoms with Crippen LogP contribution in [0.5, 0.6) is 0 Å². The lowest BCUT2D eigenvalue weighted by Crippen LogP contribution is -2.03. The molecular weight excluding hydrogens is 635 g/mol. The third kappa shape index (κ3) is 3.40. The smallest absolute Gasteiger partial charge is 0.236 e. The second-order valence-corrected chi connectivity index (χ2v) is 13.9. The minimum absolute atomic E-state index is 0.603. The molecular formula is C44H23N3O2S. The number of fused-ring (bicyclic) bond motifs is 16. The van der Waals surface area contributed by atoms with Gasteiger partial charge in [-0.05, 0) is 48.5 Å². The van der Waals surface area contributed by atoms with Gasteiger partial charge in [-0.2, -0.15) is 0 Å². The van der Waals surface area contributed by atoms with Gasteiger partial charge in [0, 0.05) is 63.4 Å². The van der Waals surface area contributed by atoms with Gasteiger partial charge < -0.3 is 8.83 Å². The van der Waals surface area contributed by atoms with E-state index < -0.39 is 0 Å². The maximum absolute atomic E-state index is 6.58. The van der Waals surface area contributed by atoms with Crippen LogP contribution in [0.15, 0.2) is 148 Å². The molecule has 0 aliphatic rings. The summed E-state index contributed by atoms with van der Waals surface area (Å²) in [5, 5.41) is 10.4. The monoisotopic (exact) mass is 657 g/mol. The van der Waals surface area contributed by atoms with E-state index in [0.29, 0.717) is 11.5 Å². The number of nitrogens with zero attached hydrogens (tertiary/aromatic N) is 3. The fraction of sp³-hybridized carbons (Fsp3) is 0. The normalized spacial score (nSPS) is 12.4. The van der Waals surface area contributed by atoms with Crippen molar-refractivity contribution in [3.05, 3.63) is 140 Å². The molecule has 0 saturated carbocycles. The molecule has 0 aliphatic carbocycles. The Morgan fingerprint density at radius 2 is 1.16 bits per heavy atom. The van der Waals surface area contributed by atoms with Crippen LogP contribution in [0.3, 0.4) is 0 Å². The highest BCUT2D eigenvalue weighted by atomic mass is 32.1. The zero-order valence-electron chi connectivity index (χ0n) is 26.3. The molecule has 0 radical (unpaired) electrons. The number of rotatable bonds is 2. The van der Waals surface area contributed by atoms with Gasteiger partial charge in [0.05, 0.1) is 11.0 Å². The summed E-state index contributed by atoms with van der Waals surface area (Å²) in [6.45, 7) is 0. The number of furan rings is 2. The Hall–Kier alpha value is -6.50. The Morgan fingerprint density at radius 3 is 2.02 bits per heavy atom. The molecule has 7 aromatic carbocycles. The topological polar surface area (TPSA) is 57.0 Å². The van der Waals surface area contributed by atoms with Crippen LogP contribution in [-0.2, 0) is 0 Å². The van der Waals surface area contributed by atoms with Crippen molar-refractivity contribution < 1.29 is 8.83 Å². The summed E-state index contributed by atoms with van der Waals surface area (Å²) < 4.78 is 17.6. The lowest BCUT2D eigenvalue weighted by atomic mass is 10.00. The molecule has 0 fully saturated rings. The molecule has 5 heterocycles. The minimum Gasteiger partial charge on any atom is -0.456 e. The van der Waals surface area contributed by atoms with Crippen LogP contribution in [0.2, 0.25) is 0 Å². The molecule has 232 valence electrons. The summed E-state index contributed by atoms with van der Waals surface area (Å²) >= 11 is 1.87. The van der Waals surface area contributed by atoms with Crippen molar-refractivity contribution in [2.45, 2.75) is 0 Å². The summed E-state index contributed by atoms with van der Waals surface area (Å²) in [7, 11) is 0. The number of hydrogen-bond acceptors (Lipinski definition) is 5. The third-order valence-electron chi connectivity index (χ3n) is 10.2. The molecule has 12 aromatic rings. The van der Waals surface area contributed by atoms with Crippen molar-refractivity contribution in [3.8, 4) is 17.2 Å². The second-order valence-electron chi connectivity index (χ2n) is 12.9. The van der Waals surface area contributed by atoms with E-state index in [1.165, 1.54) is 41.7 Å². The van der Waals surface area contributed by atoms with Crippen LogP contribution < -0.4 is 0 Å². The quantitative estimate of drug-likeness (QED) is 0.186. The highest BCUT2D eigenvalue weighted by Crippen LogP contribution is 2.48. The SMILES string of the molecule is c1ccc2c(c1)oc1ccc(-c3nc(-n4c5ccccc5c5c6c7ccccc7sc6c6ccccc6c54)nc4c3oc3ccccc34)cc12. The number of benzene rings is 7. The highest BCUT2D eigenvalue weighted by molar-refractivity contribution is 7.27. The summed E-state index contributed by atoms with van der Waals surface area (Å²) in [4.78, 5) is 10.8. The van der Waals surface area contributed by atoms with Gasteiger partial charge >= 0.3 is 0 Å². The molecule has 0 spiro atoms. The Kier molecular flexibility index (Phi) is 5.06. The third-order valence-corrected chi connectivity index (χ3v) is 11.4. The molecule has 12 rings (SSSR count). The molecule has 0 aliphatic heterocycles. The van der Waals surface area contributed by atoms with Gasteiger partial charge in [0.25, 0.3) is 0 Å². The van der Waals surface area contributed by atoms with Crippen molar-refractivity contribution in [2.75, 3.05) is 0 Å². The molecule has 5 aromatic heterocycles. The first-order valence-electron chi connectivity index (χ1n) is 16.7. The van der Waals surface area contributed by atoms with E-state index in [1.54, 1.807) is 0 Å². The zero-order chi connectivity index (χ0) is 32.5. The van der Waals surface area contributed by atoms with Crippen LogP contribution in [0.25, 0.3) is 114 Å². The molecule has 0 amide bonds. The van der Waals surface area contributed by atoms with Gasteiger partial charge in [-0.3, -0.25) is 4.57 Å². The average molecular weight is 658 g/mol. The Balaban J connectivity index is 1.27. The number of para-hydroxylation sites is 3. The second kappa shape index (κ2) is 9.56. The molecule has 6 heteroatoms. The maximum Gasteiger partial charge on any atom is 0.236 e. The van der Waals surface area contributed by atoms with Crippen molar-refractivity contribution >= 4 is 108 Å². The summed E-state index contributed by atoms with van der Waals surface area (Å²) in [5.41, 5.74) is 7.78. The summed E-state index contributed by atoms with van der Waals surface area (Å²) in [5.74, 6) is 0.603. The predicted octanol–water partition coefficient (Wildman–Crippen LogP) is 12.6. The van der Waals surface area contributed by atoms with Crippen molar-refractivity contribution in [3.63, 3.8) is 0 Å². The van der Waals surface area contributed by atoms with E-state index in [4.69, 9.17) is 18.8 Å². The van der Waals surface area contributed by atoms with Crippen LogP contribution >= 0.6 is 11.3 Å². The molecule has 0 atom stereocenters. The molecule has 50 heavy (non-hydrogen) atoms. The van der Waals surface area contributed by atoms with E-state index in [9.17, 15) is 0 Å². The van der Waals surface area contributed by atoms with E-state index in [1.807, 2.05) is 53.8 Å². The van der Waals surface area contributed by atoms with Crippen molar-refractivity contribution in [1.29, 1.82) is 0 Å². The maximum atomic E-state index is 6.58. The van der Waals surface area contributed by atoms with Gasteiger partial charge in [0.15, 0.2) is 5.58 Å². The Bertz CT molecular complexity index is 3400. The van der Waals surface area contributed by atoms with E-state index in [0.717, 1.165) is 60.7 Å². The lowest BCUT2D eigenvalue weighted by Gasteiger charge is -2.11. The minimum atomic E-state index is 0.603. The summed E-state index contributed by atoms with van der Waals surface area (Å²) in [6, 6.07) is 48.7. The first-order valence-corrected chi connectivity index (χ1v) is 17.5. The van der Waals surface area contributed by atoms with Crippen LogP contribution in [-0.4, -0.2) is 14.5 Å². The first-order chi connectivity index (χ1) is 24.8. The fourth-order valence-corrected chi connectivity index (χ4v) is 9.32. The van der Waals surface area contributed by atoms with Gasteiger partial charge in [0.2, 0.25) is 5.95 Å². The van der Waals surface area contributed by atoms with Crippen molar-refractivity contribution in [2.24, 2.45) is 0 Å². The molecule has 5 nitrogen and oxygen atoms in total. The molecule has 0 saturated heterocycles. The van der Waals surface area contributed by atoms with Crippen molar-refractivity contribution in [1.82, 2.24) is 14.5 Å². The standard InChI is InChI=1S/C44H23N3O2S/c1-2-13-27-26(12-1)41-37(38-30-16-6-10-20-36(30)50-43(27)38)28-14-3-7-17-32(28)47(41)44-45-39(42-40(46-44)29-15-5-9-19-34(29)49-42)24-21-22-35-31(23-24)25-11-4-8-18-33(25)48-35/h1-23H. The van der Waals surface area contributed by atoms with Crippen LogP contribution in [0.1, 0.15) is 0 Å². The average Bonchev–Trinajstić information content (AvgIpc) is 3.93. The molecule has 0 unspecified atom stereocenters. The van der Waals surface area contributed by atoms with Gasteiger partial charge in [0.1, 0.15) is 28.0 Å². The number of aromatic nitrogens is 3. The lowest BCUT2D eigenvalue weighted by molar-refractivity contribution is 0.666. The van der Waals surface area contributed by atoms with E-state index in [-0.39, 0.29) is 0 Å². The first kappa shape index (κ1) is 26.5.